The molecule has 88 valence electrons. The number of carbonyl (C=O) groups excluding carboxylic acids is 2. The highest BCUT2D eigenvalue weighted by Crippen LogP contribution is 1.90. The normalized spacial score (nSPS) is 12.3. The van der Waals surface area contributed by atoms with Crippen molar-refractivity contribution in [3.8, 4) is 0 Å². The standard InChI is InChI=1S/C10H21N3O2/c1-7(2)9(14)12-4-5-13-10(15)8(3)6-11/h7-8H,4-6,11H2,1-3H3,(H,12,14)(H,13,15). The number of hydrogen-bond acceptors (Lipinski definition) is 3. The van der Waals surface area contributed by atoms with Crippen molar-refractivity contribution in [3.63, 3.8) is 0 Å². The predicted octanol–water partition coefficient (Wildman–Crippen LogP) is -0.530. The van der Waals surface area contributed by atoms with Gasteiger partial charge in [-0.1, -0.05) is 20.8 Å². The molecular formula is C10H21N3O2. The summed E-state index contributed by atoms with van der Waals surface area (Å²) in [6, 6.07) is 0. The average molecular weight is 215 g/mol. The molecule has 4 N–H and O–H groups in total. The van der Waals surface area contributed by atoms with Crippen molar-refractivity contribution in [2.75, 3.05) is 19.6 Å². The van der Waals surface area contributed by atoms with Crippen molar-refractivity contribution < 1.29 is 9.59 Å². The minimum atomic E-state index is -0.175. The lowest BCUT2D eigenvalue weighted by atomic mass is 10.2. The number of amides is 2. The Bertz CT molecular complexity index is 217. The topological polar surface area (TPSA) is 84.2 Å². The number of nitrogens with one attached hydrogen (secondary N) is 2. The van der Waals surface area contributed by atoms with E-state index in [0.717, 1.165) is 0 Å². The van der Waals surface area contributed by atoms with Crippen molar-refractivity contribution >= 4 is 11.8 Å². The van der Waals surface area contributed by atoms with Crippen LogP contribution in [-0.2, 0) is 9.59 Å². The van der Waals surface area contributed by atoms with Gasteiger partial charge >= 0.3 is 0 Å². The molecule has 0 fully saturated rings. The fourth-order valence-corrected chi connectivity index (χ4v) is 0.857. The summed E-state index contributed by atoms with van der Waals surface area (Å²) in [5, 5.41) is 5.40. The van der Waals surface area contributed by atoms with Gasteiger partial charge in [0, 0.05) is 31.5 Å². The average Bonchev–Trinajstić information content (AvgIpc) is 2.22. The molecule has 0 aliphatic rings. The zero-order chi connectivity index (χ0) is 11.8. The molecular weight excluding hydrogens is 194 g/mol. The predicted molar refractivity (Wildman–Crippen MR) is 59.1 cm³/mol. The van der Waals surface area contributed by atoms with E-state index in [4.69, 9.17) is 5.73 Å². The first kappa shape index (κ1) is 13.9. The van der Waals surface area contributed by atoms with E-state index < -0.39 is 0 Å². The van der Waals surface area contributed by atoms with Crippen LogP contribution in [0.1, 0.15) is 20.8 Å². The van der Waals surface area contributed by atoms with Crippen LogP contribution in [0.25, 0.3) is 0 Å². The van der Waals surface area contributed by atoms with Gasteiger partial charge in [-0.2, -0.15) is 0 Å². The fourth-order valence-electron chi connectivity index (χ4n) is 0.857. The first-order chi connectivity index (χ1) is 6.99. The lowest BCUT2D eigenvalue weighted by molar-refractivity contribution is -0.125. The van der Waals surface area contributed by atoms with E-state index in [1.54, 1.807) is 6.92 Å². The molecule has 0 spiro atoms. The molecule has 0 radical (unpaired) electrons. The van der Waals surface area contributed by atoms with E-state index in [2.05, 4.69) is 10.6 Å². The molecule has 0 aliphatic heterocycles. The van der Waals surface area contributed by atoms with Crippen molar-refractivity contribution in [1.29, 1.82) is 0 Å². The van der Waals surface area contributed by atoms with Crippen LogP contribution in [0.2, 0.25) is 0 Å². The summed E-state index contributed by atoms with van der Waals surface area (Å²) in [7, 11) is 0. The Morgan fingerprint density at radius 2 is 1.53 bits per heavy atom. The van der Waals surface area contributed by atoms with Gasteiger partial charge in [-0.25, -0.2) is 0 Å². The number of rotatable bonds is 6. The third kappa shape index (κ3) is 6.06. The molecule has 0 bridgehead atoms. The Morgan fingerprint density at radius 1 is 1.07 bits per heavy atom. The molecule has 15 heavy (non-hydrogen) atoms. The highest BCUT2D eigenvalue weighted by Gasteiger charge is 2.10. The third-order valence-electron chi connectivity index (χ3n) is 2.05. The lowest BCUT2D eigenvalue weighted by Crippen LogP contribution is -2.39. The van der Waals surface area contributed by atoms with E-state index in [1.807, 2.05) is 13.8 Å². The van der Waals surface area contributed by atoms with Gasteiger partial charge in [0.15, 0.2) is 0 Å². The molecule has 0 rings (SSSR count). The summed E-state index contributed by atoms with van der Waals surface area (Å²) in [4.78, 5) is 22.4. The molecule has 0 saturated heterocycles. The summed E-state index contributed by atoms with van der Waals surface area (Å²) >= 11 is 0. The maximum Gasteiger partial charge on any atom is 0.224 e. The van der Waals surface area contributed by atoms with E-state index >= 15 is 0 Å². The van der Waals surface area contributed by atoms with Gasteiger partial charge in [0.2, 0.25) is 11.8 Å². The first-order valence-corrected chi connectivity index (χ1v) is 5.24. The summed E-state index contributed by atoms with van der Waals surface area (Å²) in [6.45, 7) is 6.66. The summed E-state index contributed by atoms with van der Waals surface area (Å²) in [5.74, 6) is -0.276. The molecule has 5 nitrogen and oxygen atoms in total. The Kier molecular flexibility index (Phi) is 6.70. The maximum atomic E-state index is 11.2. The van der Waals surface area contributed by atoms with Crippen LogP contribution >= 0.6 is 0 Å². The van der Waals surface area contributed by atoms with Crippen LogP contribution in [-0.4, -0.2) is 31.4 Å². The van der Waals surface area contributed by atoms with Crippen molar-refractivity contribution in [2.45, 2.75) is 20.8 Å². The number of hydrogen-bond donors (Lipinski definition) is 3. The Morgan fingerprint density at radius 3 is 1.93 bits per heavy atom. The Hall–Kier alpha value is -1.10. The number of nitrogens with two attached hydrogens (primary N) is 1. The molecule has 0 saturated carbocycles. The zero-order valence-electron chi connectivity index (χ0n) is 9.67. The Labute approximate surface area is 90.8 Å². The lowest BCUT2D eigenvalue weighted by Gasteiger charge is -2.11. The minimum absolute atomic E-state index is 0.00359. The van der Waals surface area contributed by atoms with Gasteiger partial charge in [-0.15, -0.1) is 0 Å². The summed E-state index contributed by atoms with van der Waals surface area (Å²) < 4.78 is 0. The molecule has 0 aromatic carbocycles. The zero-order valence-corrected chi connectivity index (χ0v) is 9.67. The molecule has 5 heteroatoms. The molecule has 0 aromatic rings. The van der Waals surface area contributed by atoms with Gasteiger partial charge in [-0.05, 0) is 0 Å². The van der Waals surface area contributed by atoms with E-state index in [9.17, 15) is 9.59 Å². The van der Waals surface area contributed by atoms with Crippen LogP contribution in [0.5, 0.6) is 0 Å². The van der Waals surface area contributed by atoms with Crippen LogP contribution < -0.4 is 16.4 Å². The van der Waals surface area contributed by atoms with Crippen LogP contribution in [0, 0.1) is 11.8 Å². The fraction of sp³-hybridized carbons (Fsp3) is 0.800. The highest BCUT2D eigenvalue weighted by atomic mass is 16.2. The first-order valence-electron chi connectivity index (χ1n) is 5.24. The van der Waals surface area contributed by atoms with Crippen molar-refractivity contribution in [2.24, 2.45) is 17.6 Å². The highest BCUT2D eigenvalue weighted by molar-refractivity contribution is 5.79. The molecule has 0 aromatic heterocycles. The van der Waals surface area contributed by atoms with Crippen molar-refractivity contribution in [3.05, 3.63) is 0 Å². The molecule has 0 heterocycles. The summed E-state index contributed by atoms with van der Waals surface area (Å²) in [6.07, 6.45) is 0. The smallest absolute Gasteiger partial charge is 0.224 e. The van der Waals surface area contributed by atoms with Crippen molar-refractivity contribution in [1.82, 2.24) is 10.6 Å². The van der Waals surface area contributed by atoms with Crippen LogP contribution in [0.4, 0.5) is 0 Å². The van der Waals surface area contributed by atoms with Gasteiger partial charge in [-0.3, -0.25) is 9.59 Å². The molecule has 2 amide bonds. The minimum Gasteiger partial charge on any atom is -0.354 e. The van der Waals surface area contributed by atoms with E-state index in [-0.39, 0.29) is 23.7 Å². The SMILES string of the molecule is CC(C)C(=O)NCCNC(=O)C(C)CN. The summed E-state index contributed by atoms with van der Waals surface area (Å²) in [5.41, 5.74) is 5.33. The second-order valence-electron chi connectivity index (χ2n) is 3.87. The van der Waals surface area contributed by atoms with E-state index in [1.165, 1.54) is 0 Å². The maximum absolute atomic E-state index is 11.2. The van der Waals surface area contributed by atoms with Gasteiger partial charge in [0.05, 0.1) is 0 Å². The van der Waals surface area contributed by atoms with Gasteiger partial charge in [0.1, 0.15) is 0 Å². The molecule has 0 aliphatic carbocycles. The molecule has 1 atom stereocenters. The largest absolute Gasteiger partial charge is 0.354 e. The second-order valence-corrected chi connectivity index (χ2v) is 3.87. The number of carbonyl (C=O) groups is 2. The monoisotopic (exact) mass is 215 g/mol. The second kappa shape index (κ2) is 7.23. The quantitative estimate of drug-likeness (QED) is 0.521. The van der Waals surface area contributed by atoms with Gasteiger partial charge < -0.3 is 16.4 Å². The van der Waals surface area contributed by atoms with Gasteiger partial charge in [0.25, 0.3) is 0 Å². The Balaban J connectivity index is 3.55. The third-order valence-corrected chi connectivity index (χ3v) is 2.05. The van der Waals surface area contributed by atoms with Crippen LogP contribution in [0.3, 0.4) is 0 Å². The van der Waals surface area contributed by atoms with E-state index in [0.29, 0.717) is 19.6 Å². The van der Waals surface area contributed by atoms with Crippen LogP contribution in [0.15, 0.2) is 0 Å². The molecule has 1 unspecified atom stereocenters.